The lowest BCUT2D eigenvalue weighted by atomic mass is 10.0. The van der Waals surface area contributed by atoms with Crippen LogP contribution in [-0.2, 0) is 0 Å². The summed E-state index contributed by atoms with van der Waals surface area (Å²) in [7, 11) is 0. The van der Waals surface area contributed by atoms with Crippen molar-refractivity contribution in [3.05, 3.63) is 48.0 Å². The number of hydrogen-bond acceptors (Lipinski definition) is 5. The van der Waals surface area contributed by atoms with Crippen LogP contribution in [0.3, 0.4) is 0 Å². The normalized spacial score (nSPS) is 13.7. The predicted octanol–water partition coefficient (Wildman–Crippen LogP) is 3.56. The van der Waals surface area contributed by atoms with Crippen LogP contribution in [0.25, 0.3) is 22.0 Å². The maximum absolute atomic E-state index is 12.1. The number of benzene rings is 2. The fraction of sp³-hybridized carbons (Fsp3) is 0.286. The Hall–Kier alpha value is -3.15. The lowest BCUT2D eigenvalue weighted by molar-refractivity contribution is 0.0951. The first-order chi connectivity index (χ1) is 13.0. The molecule has 27 heavy (non-hydrogen) atoms. The molecule has 6 heteroatoms. The highest BCUT2D eigenvalue weighted by Crippen LogP contribution is 2.30. The van der Waals surface area contributed by atoms with E-state index in [2.05, 4.69) is 15.3 Å². The van der Waals surface area contributed by atoms with E-state index < -0.39 is 0 Å². The fourth-order valence-electron chi connectivity index (χ4n) is 2.92. The summed E-state index contributed by atoms with van der Waals surface area (Å²) in [6, 6.07) is 13.8. The molecule has 1 aliphatic carbocycles. The van der Waals surface area contributed by atoms with Gasteiger partial charge in [0.1, 0.15) is 0 Å². The number of carbonyl (C=O) groups is 1. The van der Waals surface area contributed by atoms with Crippen LogP contribution in [0.4, 0.5) is 5.95 Å². The highest BCUT2D eigenvalue weighted by molar-refractivity contribution is 5.95. The van der Waals surface area contributed by atoms with Gasteiger partial charge in [-0.05, 0) is 62.1 Å². The molecular weight excluding hydrogens is 340 g/mol. The number of nitrogens with one attached hydrogen (secondary N) is 1. The van der Waals surface area contributed by atoms with Gasteiger partial charge in [-0.1, -0.05) is 18.2 Å². The second kappa shape index (κ2) is 6.87. The molecule has 0 saturated heterocycles. The van der Waals surface area contributed by atoms with E-state index in [1.807, 2.05) is 56.3 Å². The van der Waals surface area contributed by atoms with Gasteiger partial charge >= 0.3 is 0 Å². The first-order valence-electron chi connectivity index (χ1n) is 9.15. The van der Waals surface area contributed by atoms with Gasteiger partial charge in [-0.2, -0.15) is 4.98 Å². The lowest BCUT2D eigenvalue weighted by Gasteiger charge is -2.12. The van der Waals surface area contributed by atoms with Gasteiger partial charge in [0.05, 0.1) is 17.0 Å². The zero-order valence-corrected chi connectivity index (χ0v) is 15.4. The Morgan fingerprint density at radius 3 is 2.48 bits per heavy atom. The van der Waals surface area contributed by atoms with E-state index in [1.165, 1.54) is 0 Å². The largest absolute Gasteiger partial charge is 0.474 e. The van der Waals surface area contributed by atoms with Crippen molar-refractivity contribution in [3.63, 3.8) is 0 Å². The van der Waals surface area contributed by atoms with Crippen LogP contribution in [0.15, 0.2) is 42.5 Å². The molecule has 0 unspecified atom stereocenters. The molecule has 1 aliphatic rings. The molecule has 4 rings (SSSR count). The third-order valence-electron chi connectivity index (χ3n) is 4.42. The number of amides is 1. The van der Waals surface area contributed by atoms with Gasteiger partial charge in [-0.25, -0.2) is 4.98 Å². The highest BCUT2D eigenvalue weighted by Gasteiger charge is 2.23. The Morgan fingerprint density at radius 2 is 1.81 bits per heavy atom. The first-order valence-corrected chi connectivity index (χ1v) is 9.15. The van der Waals surface area contributed by atoms with Crippen molar-refractivity contribution in [1.82, 2.24) is 15.3 Å². The van der Waals surface area contributed by atoms with E-state index in [9.17, 15) is 4.79 Å². The number of aromatic nitrogens is 2. The standard InChI is InChI=1S/C21H22N4O2/c1-12(2)27-20-17-11-15(7-10-18(17)24-21(22)25-20)13-3-5-14(6-4-13)19(26)23-16-8-9-16/h3-7,10-12,16H,8-9H2,1-2H3,(H,23,26)(H2,22,24,25). The van der Waals surface area contributed by atoms with Gasteiger partial charge in [-0.3, -0.25) is 4.79 Å². The molecule has 1 fully saturated rings. The van der Waals surface area contributed by atoms with Crippen molar-refractivity contribution in [1.29, 1.82) is 0 Å². The quantitative estimate of drug-likeness (QED) is 0.724. The summed E-state index contributed by atoms with van der Waals surface area (Å²) < 4.78 is 5.81. The molecule has 0 atom stereocenters. The summed E-state index contributed by atoms with van der Waals surface area (Å²) >= 11 is 0. The number of nitrogens with two attached hydrogens (primary N) is 1. The Labute approximate surface area is 157 Å². The minimum absolute atomic E-state index is 0.0148. The second-order valence-electron chi connectivity index (χ2n) is 7.11. The Kier molecular flexibility index (Phi) is 4.39. The SMILES string of the molecule is CC(C)Oc1nc(N)nc2ccc(-c3ccc(C(=O)NC4CC4)cc3)cc12. The van der Waals surface area contributed by atoms with Crippen LogP contribution in [0.2, 0.25) is 0 Å². The smallest absolute Gasteiger partial charge is 0.251 e. The maximum atomic E-state index is 12.1. The van der Waals surface area contributed by atoms with Gasteiger partial charge in [0, 0.05) is 11.6 Å². The van der Waals surface area contributed by atoms with Crippen molar-refractivity contribution < 1.29 is 9.53 Å². The van der Waals surface area contributed by atoms with Crippen molar-refractivity contribution in [2.24, 2.45) is 0 Å². The van der Waals surface area contributed by atoms with Crippen molar-refractivity contribution in [3.8, 4) is 17.0 Å². The number of rotatable bonds is 5. The van der Waals surface area contributed by atoms with Crippen LogP contribution in [-0.4, -0.2) is 28.0 Å². The minimum atomic E-state index is -0.0181. The average Bonchev–Trinajstić information content (AvgIpc) is 3.45. The Bertz CT molecular complexity index is 995. The Morgan fingerprint density at radius 1 is 1.11 bits per heavy atom. The van der Waals surface area contributed by atoms with E-state index in [0.717, 1.165) is 34.9 Å². The molecule has 138 valence electrons. The summed E-state index contributed by atoms with van der Waals surface area (Å²) in [5.74, 6) is 0.658. The zero-order chi connectivity index (χ0) is 19.0. The summed E-state index contributed by atoms with van der Waals surface area (Å²) in [6.07, 6.45) is 2.14. The van der Waals surface area contributed by atoms with Crippen LogP contribution in [0.5, 0.6) is 5.88 Å². The van der Waals surface area contributed by atoms with Gasteiger partial charge in [0.2, 0.25) is 11.8 Å². The summed E-state index contributed by atoms with van der Waals surface area (Å²) in [6.45, 7) is 3.89. The third-order valence-corrected chi connectivity index (χ3v) is 4.42. The van der Waals surface area contributed by atoms with Crippen LogP contribution >= 0.6 is 0 Å². The van der Waals surface area contributed by atoms with E-state index in [1.54, 1.807) is 0 Å². The molecule has 3 N–H and O–H groups in total. The van der Waals surface area contributed by atoms with E-state index in [0.29, 0.717) is 17.5 Å². The van der Waals surface area contributed by atoms with E-state index >= 15 is 0 Å². The lowest BCUT2D eigenvalue weighted by Crippen LogP contribution is -2.25. The maximum Gasteiger partial charge on any atom is 0.251 e. The number of ether oxygens (including phenoxy) is 1. The minimum Gasteiger partial charge on any atom is -0.474 e. The molecular formula is C21H22N4O2. The number of nitrogens with zero attached hydrogens (tertiary/aromatic N) is 2. The zero-order valence-electron chi connectivity index (χ0n) is 15.4. The summed E-state index contributed by atoms with van der Waals surface area (Å²) in [4.78, 5) is 20.7. The number of carbonyl (C=O) groups excluding carboxylic acids is 1. The number of hydrogen-bond donors (Lipinski definition) is 2. The van der Waals surface area contributed by atoms with Gasteiger partial charge in [-0.15, -0.1) is 0 Å². The number of anilines is 1. The summed E-state index contributed by atoms with van der Waals surface area (Å²) in [5.41, 5.74) is 9.21. The molecule has 1 aromatic heterocycles. The predicted molar refractivity (Wildman–Crippen MR) is 106 cm³/mol. The van der Waals surface area contributed by atoms with Gasteiger partial charge in [0.15, 0.2) is 0 Å². The van der Waals surface area contributed by atoms with Crippen molar-refractivity contribution >= 4 is 22.8 Å². The molecule has 1 amide bonds. The first kappa shape index (κ1) is 17.3. The highest BCUT2D eigenvalue weighted by atomic mass is 16.5. The van der Waals surface area contributed by atoms with Crippen LogP contribution in [0, 0.1) is 0 Å². The van der Waals surface area contributed by atoms with Crippen molar-refractivity contribution in [2.75, 3.05) is 5.73 Å². The van der Waals surface area contributed by atoms with Gasteiger partial charge < -0.3 is 15.8 Å². The molecule has 1 heterocycles. The topological polar surface area (TPSA) is 90.1 Å². The third kappa shape index (κ3) is 3.84. The number of nitrogen functional groups attached to an aromatic ring is 1. The second-order valence-corrected chi connectivity index (χ2v) is 7.11. The molecule has 3 aromatic rings. The van der Waals surface area contributed by atoms with Gasteiger partial charge in [0.25, 0.3) is 5.91 Å². The van der Waals surface area contributed by atoms with Crippen LogP contribution < -0.4 is 15.8 Å². The Balaban J connectivity index is 1.66. The molecule has 0 spiro atoms. The summed E-state index contributed by atoms with van der Waals surface area (Å²) in [5, 5.41) is 3.81. The monoisotopic (exact) mass is 362 g/mol. The molecule has 6 nitrogen and oxygen atoms in total. The molecule has 1 saturated carbocycles. The molecule has 2 aromatic carbocycles. The molecule has 0 bridgehead atoms. The van der Waals surface area contributed by atoms with Crippen molar-refractivity contribution in [2.45, 2.75) is 38.8 Å². The van der Waals surface area contributed by atoms with E-state index in [4.69, 9.17) is 10.5 Å². The molecule has 0 radical (unpaired) electrons. The molecule has 0 aliphatic heterocycles. The fourth-order valence-corrected chi connectivity index (χ4v) is 2.92. The van der Waals surface area contributed by atoms with Crippen LogP contribution in [0.1, 0.15) is 37.0 Å². The van der Waals surface area contributed by atoms with E-state index in [-0.39, 0.29) is 18.0 Å². The number of fused-ring (bicyclic) bond motifs is 1. The average molecular weight is 362 g/mol.